The van der Waals surface area contributed by atoms with Gasteiger partial charge in [-0.05, 0) is 12.1 Å². The normalized spacial score (nSPS) is 13.4. The van der Waals surface area contributed by atoms with Crippen molar-refractivity contribution in [2.75, 3.05) is 0 Å². The van der Waals surface area contributed by atoms with Crippen LogP contribution >= 0.6 is 0 Å². The van der Waals surface area contributed by atoms with Gasteiger partial charge in [-0.2, -0.15) is 0 Å². The quantitative estimate of drug-likeness (QED) is 0.349. The number of carboxylic acid groups (broad SMARTS) is 2. The molecule has 0 saturated carbocycles. The van der Waals surface area contributed by atoms with Crippen molar-refractivity contribution < 1.29 is 44.7 Å². The molecule has 142 valence electrons. The van der Waals surface area contributed by atoms with E-state index in [0.717, 1.165) is 0 Å². The standard InChI is InChI=1S/C18H14O8.H2O/c19-13(11-7-3-1-4-8-11)18(17(24)25,14(20)15(21)22)26-16(23)12-9-5-2-6-10-12;/h1-10,14,20H,(H,21,22)(H,24,25);1H2. The zero-order chi connectivity index (χ0) is 19.3. The number of carbonyl (C=O) groups excluding carboxylic acids is 2. The van der Waals surface area contributed by atoms with Crippen molar-refractivity contribution in [3.63, 3.8) is 0 Å². The summed E-state index contributed by atoms with van der Waals surface area (Å²) in [6.07, 6.45) is -2.82. The number of rotatable bonds is 7. The highest BCUT2D eigenvalue weighted by Crippen LogP contribution is 2.25. The molecule has 9 heteroatoms. The van der Waals surface area contributed by atoms with E-state index in [1.807, 2.05) is 0 Å². The minimum absolute atomic E-state index is 0. The molecular formula is C18H16O9. The van der Waals surface area contributed by atoms with Crippen LogP contribution in [0.15, 0.2) is 60.7 Å². The van der Waals surface area contributed by atoms with Gasteiger partial charge in [-0.3, -0.25) is 4.79 Å². The molecule has 0 heterocycles. The van der Waals surface area contributed by atoms with Gasteiger partial charge in [0, 0.05) is 5.56 Å². The number of hydrogen-bond donors (Lipinski definition) is 3. The summed E-state index contributed by atoms with van der Waals surface area (Å²) in [7, 11) is 0. The molecule has 0 bridgehead atoms. The van der Waals surface area contributed by atoms with E-state index in [9.17, 15) is 29.4 Å². The molecule has 9 nitrogen and oxygen atoms in total. The first kappa shape index (κ1) is 21.5. The van der Waals surface area contributed by atoms with E-state index in [0.29, 0.717) is 0 Å². The van der Waals surface area contributed by atoms with Crippen LogP contribution in [0.4, 0.5) is 0 Å². The number of aliphatic hydroxyl groups is 1. The van der Waals surface area contributed by atoms with E-state index < -0.39 is 35.4 Å². The summed E-state index contributed by atoms with van der Waals surface area (Å²) in [6, 6.07) is 13.9. The summed E-state index contributed by atoms with van der Waals surface area (Å²) in [5, 5.41) is 28.6. The van der Waals surface area contributed by atoms with Gasteiger partial charge >= 0.3 is 23.5 Å². The van der Waals surface area contributed by atoms with Gasteiger partial charge < -0.3 is 25.5 Å². The van der Waals surface area contributed by atoms with E-state index in [-0.39, 0.29) is 16.6 Å². The molecule has 2 aromatic rings. The molecular weight excluding hydrogens is 360 g/mol. The van der Waals surface area contributed by atoms with Crippen molar-refractivity contribution in [1.82, 2.24) is 0 Å². The Bertz CT molecular complexity index is 832. The van der Waals surface area contributed by atoms with Gasteiger partial charge in [0.25, 0.3) is 0 Å². The van der Waals surface area contributed by atoms with Gasteiger partial charge in [-0.25, -0.2) is 14.4 Å². The first-order chi connectivity index (χ1) is 12.3. The van der Waals surface area contributed by atoms with Gasteiger partial charge in [0.2, 0.25) is 11.9 Å². The molecule has 5 N–H and O–H groups in total. The fourth-order valence-electron chi connectivity index (χ4n) is 2.24. The van der Waals surface area contributed by atoms with Crippen LogP contribution in [0.3, 0.4) is 0 Å². The third-order valence-corrected chi connectivity index (χ3v) is 3.57. The maximum Gasteiger partial charge on any atom is 0.360 e. The first-order valence-electron chi connectivity index (χ1n) is 7.33. The largest absolute Gasteiger partial charge is 0.479 e. The molecule has 0 fully saturated rings. The summed E-state index contributed by atoms with van der Waals surface area (Å²) in [6.45, 7) is 0. The third kappa shape index (κ3) is 4.17. The van der Waals surface area contributed by atoms with Crippen molar-refractivity contribution >= 4 is 23.7 Å². The predicted octanol–water partition coefficient (Wildman–Crippen LogP) is 0.170. The fraction of sp³-hybridized carbons (Fsp3) is 0.111. The second-order valence-corrected chi connectivity index (χ2v) is 5.23. The number of benzene rings is 2. The van der Waals surface area contributed by atoms with Crippen molar-refractivity contribution in [1.29, 1.82) is 0 Å². The summed E-state index contributed by atoms with van der Waals surface area (Å²) >= 11 is 0. The lowest BCUT2D eigenvalue weighted by Crippen LogP contribution is -2.61. The minimum atomic E-state index is -3.35. The van der Waals surface area contributed by atoms with E-state index in [1.54, 1.807) is 12.1 Å². The van der Waals surface area contributed by atoms with Gasteiger partial charge in [0.05, 0.1) is 5.56 Å². The summed E-state index contributed by atoms with van der Waals surface area (Å²) in [5.41, 5.74) is -3.70. The van der Waals surface area contributed by atoms with Crippen LogP contribution < -0.4 is 0 Å². The molecule has 2 aromatic carbocycles. The lowest BCUT2D eigenvalue weighted by molar-refractivity contribution is -0.176. The Morgan fingerprint density at radius 3 is 1.67 bits per heavy atom. The van der Waals surface area contributed by atoms with Crippen LogP contribution in [0, 0.1) is 0 Å². The van der Waals surface area contributed by atoms with Crippen LogP contribution in [0.5, 0.6) is 0 Å². The number of hydrogen-bond acceptors (Lipinski definition) is 6. The number of Topliss-reactive ketones (excluding diaryl/α,β-unsaturated/α-hetero) is 1. The van der Waals surface area contributed by atoms with Crippen molar-refractivity contribution in [2.24, 2.45) is 0 Å². The van der Waals surface area contributed by atoms with Crippen molar-refractivity contribution in [2.45, 2.75) is 11.7 Å². The Kier molecular flexibility index (Phi) is 6.92. The zero-order valence-corrected chi connectivity index (χ0v) is 13.7. The molecule has 2 rings (SSSR count). The molecule has 0 aliphatic rings. The highest BCUT2D eigenvalue weighted by Gasteiger charge is 2.59. The second kappa shape index (κ2) is 8.70. The molecule has 0 aliphatic heterocycles. The molecule has 0 saturated heterocycles. The second-order valence-electron chi connectivity index (χ2n) is 5.23. The van der Waals surface area contributed by atoms with Gasteiger partial charge in [0.15, 0.2) is 0 Å². The summed E-state index contributed by atoms with van der Waals surface area (Å²) in [5.74, 6) is -6.77. The number of carboxylic acids is 2. The molecule has 2 atom stereocenters. The number of aliphatic carboxylic acids is 2. The monoisotopic (exact) mass is 376 g/mol. The Balaban J connectivity index is 0.00000364. The van der Waals surface area contributed by atoms with Gasteiger partial charge in [0.1, 0.15) is 0 Å². The molecule has 0 aromatic heterocycles. The zero-order valence-electron chi connectivity index (χ0n) is 13.7. The molecule has 2 unspecified atom stereocenters. The molecule has 27 heavy (non-hydrogen) atoms. The van der Waals surface area contributed by atoms with Crippen LogP contribution in [-0.2, 0) is 14.3 Å². The van der Waals surface area contributed by atoms with E-state index >= 15 is 0 Å². The average molecular weight is 376 g/mol. The topological polar surface area (TPSA) is 170 Å². The van der Waals surface area contributed by atoms with E-state index in [2.05, 4.69) is 0 Å². The molecule has 0 radical (unpaired) electrons. The fourth-order valence-corrected chi connectivity index (χ4v) is 2.24. The lowest BCUT2D eigenvalue weighted by Gasteiger charge is -2.30. The van der Waals surface area contributed by atoms with Crippen LogP contribution in [0.1, 0.15) is 20.7 Å². The Morgan fingerprint density at radius 1 is 0.815 bits per heavy atom. The van der Waals surface area contributed by atoms with Crippen LogP contribution in [0.2, 0.25) is 0 Å². The number of ether oxygens (including phenoxy) is 1. The Hall–Kier alpha value is -3.56. The predicted molar refractivity (Wildman–Crippen MR) is 90.3 cm³/mol. The Morgan fingerprint density at radius 2 is 1.26 bits per heavy atom. The Labute approximate surface area is 152 Å². The van der Waals surface area contributed by atoms with Crippen molar-refractivity contribution in [3.8, 4) is 0 Å². The number of ketones is 1. The van der Waals surface area contributed by atoms with Crippen LogP contribution in [0.25, 0.3) is 0 Å². The highest BCUT2D eigenvalue weighted by atomic mass is 16.6. The average Bonchev–Trinajstić information content (AvgIpc) is 2.65. The maximum atomic E-state index is 12.7. The number of carbonyl (C=O) groups is 4. The van der Waals surface area contributed by atoms with Gasteiger partial charge in [-0.1, -0.05) is 48.5 Å². The molecule has 0 amide bonds. The first-order valence-corrected chi connectivity index (χ1v) is 7.33. The smallest absolute Gasteiger partial charge is 0.360 e. The van der Waals surface area contributed by atoms with E-state index in [1.165, 1.54) is 48.5 Å². The lowest BCUT2D eigenvalue weighted by atomic mass is 9.87. The SMILES string of the molecule is O.O=C(OC(C(=O)O)(C(=O)c1ccccc1)C(O)C(=O)O)c1ccccc1. The minimum Gasteiger partial charge on any atom is -0.479 e. The van der Waals surface area contributed by atoms with Crippen molar-refractivity contribution in [3.05, 3.63) is 71.8 Å². The third-order valence-electron chi connectivity index (χ3n) is 3.57. The number of esters is 1. The number of aliphatic hydroxyl groups excluding tert-OH is 1. The highest BCUT2D eigenvalue weighted by molar-refractivity contribution is 6.19. The summed E-state index contributed by atoms with van der Waals surface area (Å²) < 4.78 is 4.81. The van der Waals surface area contributed by atoms with Crippen LogP contribution in [-0.4, -0.2) is 56.2 Å². The molecule has 0 spiro atoms. The van der Waals surface area contributed by atoms with E-state index in [4.69, 9.17) is 9.84 Å². The molecule has 0 aliphatic carbocycles. The summed E-state index contributed by atoms with van der Waals surface area (Å²) in [4.78, 5) is 48.1. The maximum absolute atomic E-state index is 12.7. The van der Waals surface area contributed by atoms with Gasteiger partial charge in [-0.15, -0.1) is 0 Å².